The van der Waals surface area contributed by atoms with Crippen LogP contribution >= 0.6 is 24.2 Å². The number of rotatable bonds is 5. The lowest BCUT2D eigenvalue weighted by atomic mass is 10.1. The zero-order valence-electron chi connectivity index (χ0n) is 12.1. The van der Waals surface area contributed by atoms with Crippen LogP contribution in [0, 0.1) is 12.8 Å². The van der Waals surface area contributed by atoms with Gasteiger partial charge in [0.1, 0.15) is 0 Å². The summed E-state index contributed by atoms with van der Waals surface area (Å²) in [4.78, 5) is 15.4. The largest absolute Gasteiger partial charge is 0.342 e. The summed E-state index contributed by atoms with van der Waals surface area (Å²) in [6.07, 6.45) is 1.13. The molecule has 0 bridgehead atoms. The van der Waals surface area contributed by atoms with Gasteiger partial charge in [0.05, 0.1) is 5.75 Å². The maximum absolute atomic E-state index is 12.2. The average Bonchev–Trinajstić information content (AvgIpc) is 2.87. The molecule has 1 unspecified atom stereocenters. The highest BCUT2D eigenvalue weighted by molar-refractivity contribution is 8.00. The van der Waals surface area contributed by atoms with Gasteiger partial charge in [0, 0.05) is 18.0 Å². The minimum absolute atomic E-state index is 0. The summed E-state index contributed by atoms with van der Waals surface area (Å²) in [7, 11) is 1.97. The first-order valence-electron chi connectivity index (χ1n) is 6.81. The number of carbonyl (C=O) groups excluding carboxylic acids is 1. The molecular weight excluding hydrogens is 292 g/mol. The zero-order valence-corrected chi connectivity index (χ0v) is 13.7. The summed E-state index contributed by atoms with van der Waals surface area (Å²) in [5, 5.41) is 3.19. The van der Waals surface area contributed by atoms with E-state index in [2.05, 4.69) is 24.4 Å². The molecule has 112 valence electrons. The van der Waals surface area contributed by atoms with Gasteiger partial charge in [-0.3, -0.25) is 4.79 Å². The van der Waals surface area contributed by atoms with E-state index in [-0.39, 0.29) is 18.3 Å². The van der Waals surface area contributed by atoms with Crippen LogP contribution in [0.4, 0.5) is 0 Å². The summed E-state index contributed by atoms with van der Waals surface area (Å²) in [6.45, 7) is 4.92. The van der Waals surface area contributed by atoms with Crippen LogP contribution in [-0.2, 0) is 4.79 Å². The van der Waals surface area contributed by atoms with Gasteiger partial charge in [0.2, 0.25) is 5.91 Å². The van der Waals surface area contributed by atoms with Gasteiger partial charge in [-0.1, -0.05) is 18.2 Å². The monoisotopic (exact) mass is 314 g/mol. The van der Waals surface area contributed by atoms with Gasteiger partial charge in [-0.25, -0.2) is 0 Å². The second-order valence-corrected chi connectivity index (χ2v) is 6.12. The number of benzene rings is 1. The molecule has 0 saturated carbocycles. The predicted octanol–water partition coefficient (Wildman–Crippen LogP) is 2.58. The number of likely N-dealkylation sites (tertiary alicyclic amines) is 1. The Morgan fingerprint density at radius 1 is 1.45 bits per heavy atom. The van der Waals surface area contributed by atoms with Crippen molar-refractivity contribution in [1.82, 2.24) is 10.2 Å². The maximum atomic E-state index is 12.2. The lowest BCUT2D eigenvalue weighted by Gasteiger charge is -2.16. The minimum atomic E-state index is 0. The van der Waals surface area contributed by atoms with Crippen molar-refractivity contribution < 1.29 is 4.79 Å². The van der Waals surface area contributed by atoms with Crippen molar-refractivity contribution in [2.45, 2.75) is 18.2 Å². The van der Waals surface area contributed by atoms with Crippen molar-refractivity contribution in [2.24, 2.45) is 5.92 Å². The molecule has 1 aliphatic heterocycles. The molecule has 1 aromatic carbocycles. The molecule has 0 aliphatic carbocycles. The maximum Gasteiger partial charge on any atom is 0.232 e. The lowest BCUT2D eigenvalue weighted by molar-refractivity contribution is -0.127. The van der Waals surface area contributed by atoms with E-state index in [1.54, 1.807) is 11.8 Å². The van der Waals surface area contributed by atoms with Crippen molar-refractivity contribution >= 4 is 30.1 Å². The molecular formula is C15H23ClN2OS. The fraction of sp³-hybridized carbons (Fsp3) is 0.533. The van der Waals surface area contributed by atoms with E-state index in [9.17, 15) is 4.79 Å². The van der Waals surface area contributed by atoms with Crippen LogP contribution in [0.3, 0.4) is 0 Å². The van der Waals surface area contributed by atoms with Crippen LogP contribution in [0.25, 0.3) is 0 Å². The van der Waals surface area contributed by atoms with Crippen LogP contribution in [0.1, 0.15) is 12.0 Å². The van der Waals surface area contributed by atoms with Gasteiger partial charge in [-0.15, -0.1) is 24.2 Å². The standard InChI is InChI=1S/C15H22N2OS.ClH/c1-12-5-3-4-6-14(12)19-11-15(18)17-8-7-13(10-17)9-16-2;/h3-6,13,16H,7-11H2,1-2H3;1H. The van der Waals surface area contributed by atoms with E-state index < -0.39 is 0 Å². The highest BCUT2D eigenvalue weighted by atomic mass is 35.5. The number of nitrogens with one attached hydrogen (secondary N) is 1. The lowest BCUT2D eigenvalue weighted by Crippen LogP contribution is -2.31. The van der Waals surface area contributed by atoms with Gasteiger partial charge in [0.25, 0.3) is 0 Å². The Labute approximate surface area is 131 Å². The van der Waals surface area contributed by atoms with Gasteiger partial charge in [-0.2, -0.15) is 0 Å². The average molecular weight is 315 g/mol. The Morgan fingerprint density at radius 2 is 2.20 bits per heavy atom. The number of aryl methyl sites for hydroxylation is 1. The van der Waals surface area contributed by atoms with E-state index in [4.69, 9.17) is 0 Å². The fourth-order valence-electron chi connectivity index (χ4n) is 2.46. The van der Waals surface area contributed by atoms with Crippen molar-refractivity contribution in [2.75, 3.05) is 32.4 Å². The van der Waals surface area contributed by atoms with Crippen LogP contribution in [-0.4, -0.2) is 43.2 Å². The SMILES string of the molecule is CNCC1CCN(C(=O)CSc2ccccc2C)C1.Cl. The van der Waals surface area contributed by atoms with E-state index in [1.165, 1.54) is 10.5 Å². The Kier molecular flexibility index (Phi) is 7.41. The summed E-state index contributed by atoms with van der Waals surface area (Å²) in [5.74, 6) is 1.45. The minimum Gasteiger partial charge on any atom is -0.342 e. The predicted molar refractivity (Wildman–Crippen MR) is 87.8 cm³/mol. The molecule has 1 atom stereocenters. The van der Waals surface area contributed by atoms with Crippen molar-refractivity contribution in [3.63, 3.8) is 0 Å². The third-order valence-electron chi connectivity index (χ3n) is 3.58. The zero-order chi connectivity index (χ0) is 13.7. The van der Waals surface area contributed by atoms with Gasteiger partial charge in [0.15, 0.2) is 0 Å². The molecule has 1 N–H and O–H groups in total. The highest BCUT2D eigenvalue weighted by Gasteiger charge is 2.25. The number of nitrogens with zero attached hydrogens (tertiary/aromatic N) is 1. The second kappa shape index (κ2) is 8.55. The molecule has 1 aromatic rings. The summed E-state index contributed by atoms with van der Waals surface area (Å²) >= 11 is 1.65. The molecule has 2 rings (SSSR count). The molecule has 1 heterocycles. The normalized spacial score (nSPS) is 17.9. The van der Waals surface area contributed by atoms with Gasteiger partial charge >= 0.3 is 0 Å². The third kappa shape index (κ3) is 4.69. The van der Waals surface area contributed by atoms with Crippen molar-refractivity contribution in [3.05, 3.63) is 29.8 Å². The number of halogens is 1. The molecule has 1 amide bonds. The molecule has 0 aromatic heterocycles. The first-order valence-corrected chi connectivity index (χ1v) is 7.80. The topological polar surface area (TPSA) is 32.3 Å². The molecule has 0 spiro atoms. The fourth-order valence-corrected chi connectivity index (χ4v) is 3.40. The quantitative estimate of drug-likeness (QED) is 0.848. The van der Waals surface area contributed by atoms with Crippen LogP contribution in [0.2, 0.25) is 0 Å². The Balaban J connectivity index is 0.00000200. The number of hydrogen-bond acceptors (Lipinski definition) is 3. The van der Waals surface area contributed by atoms with Gasteiger partial charge < -0.3 is 10.2 Å². The third-order valence-corrected chi connectivity index (χ3v) is 4.74. The van der Waals surface area contributed by atoms with E-state index in [0.717, 1.165) is 26.1 Å². The summed E-state index contributed by atoms with van der Waals surface area (Å²) in [6, 6.07) is 8.23. The van der Waals surface area contributed by atoms with Crippen LogP contribution < -0.4 is 5.32 Å². The molecule has 1 saturated heterocycles. The molecule has 0 radical (unpaired) electrons. The highest BCUT2D eigenvalue weighted by Crippen LogP contribution is 2.23. The Bertz CT molecular complexity index is 442. The van der Waals surface area contributed by atoms with Crippen LogP contribution in [0.15, 0.2) is 29.2 Å². The molecule has 1 fully saturated rings. The number of hydrogen-bond donors (Lipinski definition) is 1. The molecule has 5 heteroatoms. The molecule has 3 nitrogen and oxygen atoms in total. The Hall–Kier alpha value is -0.710. The second-order valence-electron chi connectivity index (χ2n) is 5.11. The van der Waals surface area contributed by atoms with Crippen LogP contribution in [0.5, 0.6) is 0 Å². The molecule has 1 aliphatic rings. The number of carbonyl (C=O) groups is 1. The summed E-state index contributed by atoms with van der Waals surface area (Å²) in [5.41, 5.74) is 1.25. The van der Waals surface area contributed by atoms with E-state index in [0.29, 0.717) is 11.7 Å². The van der Waals surface area contributed by atoms with Crippen molar-refractivity contribution in [1.29, 1.82) is 0 Å². The number of amides is 1. The first kappa shape index (κ1) is 17.3. The van der Waals surface area contributed by atoms with Gasteiger partial charge in [-0.05, 0) is 44.5 Å². The first-order chi connectivity index (χ1) is 9.20. The van der Waals surface area contributed by atoms with E-state index >= 15 is 0 Å². The van der Waals surface area contributed by atoms with E-state index in [1.807, 2.05) is 24.1 Å². The number of thioether (sulfide) groups is 1. The molecule has 20 heavy (non-hydrogen) atoms. The van der Waals surface area contributed by atoms with Crippen molar-refractivity contribution in [3.8, 4) is 0 Å². The Morgan fingerprint density at radius 3 is 2.90 bits per heavy atom. The summed E-state index contributed by atoms with van der Waals surface area (Å²) < 4.78 is 0. The smallest absolute Gasteiger partial charge is 0.232 e.